The Hall–Kier alpha value is -1.44. The second-order valence-corrected chi connectivity index (χ2v) is 7.98. The molecule has 1 heterocycles. The van der Waals surface area contributed by atoms with Gasteiger partial charge in [0.1, 0.15) is 0 Å². The van der Waals surface area contributed by atoms with Gasteiger partial charge in [0.15, 0.2) is 0 Å². The van der Waals surface area contributed by atoms with Crippen molar-refractivity contribution in [2.75, 3.05) is 26.7 Å². The molecule has 0 amide bonds. The van der Waals surface area contributed by atoms with Crippen molar-refractivity contribution >= 4 is 16.0 Å². The van der Waals surface area contributed by atoms with E-state index < -0.39 is 16.0 Å². The lowest BCUT2D eigenvalue weighted by molar-refractivity contribution is 0.0600. The summed E-state index contributed by atoms with van der Waals surface area (Å²) in [5.74, 6) is -0.551. The number of methoxy groups -OCH3 is 1. The van der Waals surface area contributed by atoms with Crippen LogP contribution in [0.4, 0.5) is 0 Å². The van der Waals surface area contributed by atoms with Crippen molar-refractivity contribution in [1.82, 2.24) is 4.31 Å². The van der Waals surface area contributed by atoms with Crippen LogP contribution < -0.4 is 5.73 Å². The van der Waals surface area contributed by atoms with Crippen molar-refractivity contribution in [1.29, 1.82) is 0 Å². The van der Waals surface area contributed by atoms with Gasteiger partial charge in [-0.2, -0.15) is 4.31 Å². The summed E-state index contributed by atoms with van der Waals surface area (Å²) in [6, 6.07) is 4.57. The van der Waals surface area contributed by atoms with Crippen molar-refractivity contribution in [3.63, 3.8) is 0 Å². The SMILES string of the molecule is COC(=O)c1ccc(C)c(S(=O)(=O)N2CCC(C)(CN)C2)c1. The van der Waals surface area contributed by atoms with E-state index in [-0.39, 0.29) is 15.9 Å². The molecule has 0 spiro atoms. The highest BCUT2D eigenvalue weighted by atomic mass is 32.2. The molecule has 0 aromatic heterocycles. The molecule has 1 aromatic rings. The minimum atomic E-state index is -3.64. The summed E-state index contributed by atoms with van der Waals surface area (Å²) in [6.45, 7) is 4.98. The number of ether oxygens (including phenoxy) is 1. The van der Waals surface area contributed by atoms with Crippen molar-refractivity contribution in [3.05, 3.63) is 29.3 Å². The van der Waals surface area contributed by atoms with Gasteiger partial charge in [0.05, 0.1) is 17.6 Å². The fourth-order valence-electron chi connectivity index (χ4n) is 2.61. The van der Waals surface area contributed by atoms with Gasteiger partial charge in [-0.05, 0) is 43.0 Å². The molecule has 0 saturated carbocycles. The number of esters is 1. The van der Waals surface area contributed by atoms with Gasteiger partial charge < -0.3 is 10.5 Å². The normalized spacial score (nSPS) is 22.7. The van der Waals surface area contributed by atoms with Crippen LogP contribution in [0.5, 0.6) is 0 Å². The first kappa shape index (κ1) is 16.9. The average Bonchev–Trinajstić information content (AvgIpc) is 2.91. The van der Waals surface area contributed by atoms with E-state index in [4.69, 9.17) is 5.73 Å². The molecule has 122 valence electrons. The predicted octanol–water partition coefficient (Wildman–Crippen LogP) is 1.14. The Balaban J connectivity index is 2.40. The number of hydrogen-bond donors (Lipinski definition) is 1. The number of hydrogen-bond acceptors (Lipinski definition) is 5. The van der Waals surface area contributed by atoms with Gasteiger partial charge in [0, 0.05) is 13.1 Å². The first-order valence-corrected chi connectivity index (χ1v) is 8.57. The Morgan fingerprint density at radius 2 is 2.14 bits per heavy atom. The van der Waals surface area contributed by atoms with E-state index in [0.717, 1.165) is 6.42 Å². The largest absolute Gasteiger partial charge is 0.465 e. The highest BCUT2D eigenvalue weighted by Gasteiger charge is 2.39. The minimum Gasteiger partial charge on any atom is -0.465 e. The van der Waals surface area contributed by atoms with Crippen LogP contribution in [0.15, 0.2) is 23.1 Å². The molecule has 2 N–H and O–H groups in total. The van der Waals surface area contributed by atoms with Gasteiger partial charge in [0.2, 0.25) is 10.0 Å². The fourth-order valence-corrected chi connectivity index (χ4v) is 4.45. The van der Waals surface area contributed by atoms with E-state index in [1.54, 1.807) is 19.1 Å². The summed E-state index contributed by atoms with van der Waals surface area (Å²) >= 11 is 0. The molecule has 1 unspecified atom stereocenters. The number of carbonyl (C=O) groups is 1. The van der Waals surface area contributed by atoms with Gasteiger partial charge in [-0.1, -0.05) is 13.0 Å². The molecule has 0 radical (unpaired) electrons. The van der Waals surface area contributed by atoms with Crippen LogP contribution in [0.3, 0.4) is 0 Å². The number of benzene rings is 1. The lowest BCUT2D eigenvalue weighted by Gasteiger charge is -2.23. The van der Waals surface area contributed by atoms with Crippen molar-refractivity contribution in [2.24, 2.45) is 11.1 Å². The maximum absolute atomic E-state index is 12.9. The van der Waals surface area contributed by atoms with Gasteiger partial charge in [-0.3, -0.25) is 0 Å². The third-order valence-corrected chi connectivity index (χ3v) is 6.23. The van der Waals surface area contributed by atoms with Crippen molar-refractivity contribution in [2.45, 2.75) is 25.2 Å². The van der Waals surface area contributed by atoms with Crippen molar-refractivity contribution in [3.8, 4) is 0 Å². The molecule has 22 heavy (non-hydrogen) atoms. The van der Waals surface area contributed by atoms with E-state index >= 15 is 0 Å². The van der Waals surface area contributed by atoms with E-state index in [2.05, 4.69) is 4.74 Å². The summed E-state index contributed by atoms with van der Waals surface area (Å²) in [4.78, 5) is 11.8. The molecule has 0 aliphatic carbocycles. The first-order valence-electron chi connectivity index (χ1n) is 7.13. The highest BCUT2D eigenvalue weighted by molar-refractivity contribution is 7.89. The van der Waals surface area contributed by atoms with E-state index in [1.807, 2.05) is 6.92 Å². The number of sulfonamides is 1. The molecule has 1 aliphatic rings. The monoisotopic (exact) mass is 326 g/mol. The third kappa shape index (κ3) is 3.02. The lowest BCUT2D eigenvalue weighted by Crippen LogP contribution is -2.34. The van der Waals surface area contributed by atoms with Crippen LogP contribution in [0, 0.1) is 12.3 Å². The Morgan fingerprint density at radius 3 is 2.68 bits per heavy atom. The molecular weight excluding hydrogens is 304 g/mol. The fraction of sp³-hybridized carbons (Fsp3) is 0.533. The molecule has 1 aromatic carbocycles. The zero-order valence-corrected chi connectivity index (χ0v) is 13.9. The first-order chi connectivity index (χ1) is 10.2. The van der Waals surface area contributed by atoms with Crippen molar-refractivity contribution < 1.29 is 17.9 Å². The van der Waals surface area contributed by atoms with Gasteiger partial charge in [-0.15, -0.1) is 0 Å². The smallest absolute Gasteiger partial charge is 0.337 e. The summed E-state index contributed by atoms with van der Waals surface area (Å²) in [6.07, 6.45) is 0.735. The van der Waals surface area contributed by atoms with E-state index in [9.17, 15) is 13.2 Å². The van der Waals surface area contributed by atoms with Crippen LogP contribution >= 0.6 is 0 Å². The lowest BCUT2D eigenvalue weighted by atomic mass is 9.90. The summed E-state index contributed by atoms with van der Waals surface area (Å²) in [5, 5.41) is 0. The summed E-state index contributed by atoms with van der Waals surface area (Å²) in [5.41, 5.74) is 6.38. The van der Waals surface area contributed by atoms with E-state index in [1.165, 1.54) is 17.5 Å². The molecule has 2 rings (SSSR count). The zero-order valence-electron chi connectivity index (χ0n) is 13.1. The van der Waals surface area contributed by atoms with Gasteiger partial charge in [-0.25, -0.2) is 13.2 Å². The number of aryl methyl sites for hydroxylation is 1. The second-order valence-electron chi connectivity index (χ2n) is 6.08. The van der Waals surface area contributed by atoms with Crippen LogP contribution in [-0.2, 0) is 14.8 Å². The van der Waals surface area contributed by atoms with E-state index in [0.29, 0.717) is 25.2 Å². The molecule has 1 aliphatic heterocycles. The molecular formula is C15H22N2O4S. The van der Waals surface area contributed by atoms with Crippen LogP contribution in [-0.4, -0.2) is 45.4 Å². The Bertz CT molecular complexity index is 687. The predicted molar refractivity (Wildman–Crippen MR) is 83.1 cm³/mol. The Labute approximate surface area is 131 Å². The van der Waals surface area contributed by atoms with Gasteiger partial charge >= 0.3 is 5.97 Å². The van der Waals surface area contributed by atoms with Crippen LogP contribution in [0.1, 0.15) is 29.3 Å². The zero-order chi connectivity index (χ0) is 16.5. The quantitative estimate of drug-likeness (QED) is 0.838. The topological polar surface area (TPSA) is 89.7 Å². The summed E-state index contributed by atoms with van der Waals surface area (Å²) in [7, 11) is -2.38. The number of rotatable bonds is 4. The number of carbonyl (C=O) groups excluding carboxylic acids is 1. The number of nitrogens with two attached hydrogens (primary N) is 1. The molecule has 7 heteroatoms. The second kappa shape index (κ2) is 5.98. The average molecular weight is 326 g/mol. The molecule has 1 saturated heterocycles. The molecule has 6 nitrogen and oxygen atoms in total. The third-order valence-electron chi connectivity index (χ3n) is 4.24. The maximum Gasteiger partial charge on any atom is 0.337 e. The highest BCUT2D eigenvalue weighted by Crippen LogP contribution is 2.33. The van der Waals surface area contributed by atoms with Crippen LogP contribution in [0.25, 0.3) is 0 Å². The molecule has 1 fully saturated rings. The van der Waals surface area contributed by atoms with Gasteiger partial charge in [0.25, 0.3) is 0 Å². The van der Waals surface area contributed by atoms with Crippen LogP contribution in [0.2, 0.25) is 0 Å². The standard InChI is InChI=1S/C15H22N2O4S/c1-11-4-5-12(14(18)21-3)8-13(11)22(19,20)17-7-6-15(2,9-16)10-17/h4-5,8H,6-7,9-10,16H2,1-3H3. The summed E-state index contributed by atoms with van der Waals surface area (Å²) < 4.78 is 31.8. The number of nitrogens with zero attached hydrogens (tertiary/aromatic N) is 1. The Kier molecular flexibility index (Phi) is 4.60. The minimum absolute atomic E-state index is 0.150. The maximum atomic E-state index is 12.9. The molecule has 0 bridgehead atoms. The Morgan fingerprint density at radius 1 is 1.45 bits per heavy atom. The molecule has 1 atom stereocenters.